The first kappa shape index (κ1) is 20.6. The van der Waals surface area contributed by atoms with Gasteiger partial charge in [-0.2, -0.15) is 0 Å². The van der Waals surface area contributed by atoms with Crippen molar-refractivity contribution in [2.75, 3.05) is 0 Å². The van der Waals surface area contributed by atoms with Gasteiger partial charge in [-0.1, -0.05) is 66.2 Å². The van der Waals surface area contributed by atoms with Gasteiger partial charge in [0.25, 0.3) is 0 Å². The molecule has 29 heavy (non-hydrogen) atoms. The third-order valence-electron chi connectivity index (χ3n) is 4.62. The number of rotatable bonds is 7. The molecule has 0 saturated heterocycles. The van der Waals surface area contributed by atoms with Gasteiger partial charge in [-0.25, -0.2) is 9.18 Å². The first-order chi connectivity index (χ1) is 13.9. The summed E-state index contributed by atoms with van der Waals surface area (Å²) >= 11 is 5.97. The third kappa shape index (κ3) is 5.42. The summed E-state index contributed by atoms with van der Waals surface area (Å²) in [6.07, 6.45) is 0.00385. The fraction of sp³-hybridized carbons (Fsp3) is 0.130. The van der Waals surface area contributed by atoms with Crippen LogP contribution >= 0.6 is 11.6 Å². The van der Waals surface area contributed by atoms with Crippen molar-refractivity contribution in [2.24, 2.45) is 0 Å². The van der Waals surface area contributed by atoms with Gasteiger partial charge in [0.15, 0.2) is 6.04 Å². The van der Waals surface area contributed by atoms with Crippen molar-refractivity contribution in [2.45, 2.75) is 18.4 Å². The summed E-state index contributed by atoms with van der Waals surface area (Å²) in [4.78, 5) is 24.4. The zero-order valence-electron chi connectivity index (χ0n) is 15.4. The number of carboxylic acids is 1. The number of carbonyl (C=O) groups excluding carboxylic acids is 1. The van der Waals surface area contributed by atoms with E-state index < -0.39 is 17.9 Å². The van der Waals surface area contributed by atoms with Crippen LogP contribution in [0.4, 0.5) is 4.39 Å². The van der Waals surface area contributed by atoms with Crippen LogP contribution in [0, 0.1) is 5.82 Å². The lowest BCUT2D eigenvalue weighted by molar-refractivity contribution is -0.142. The lowest BCUT2D eigenvalue weighted by atomic mass is 9.88. The number of amides is 1. The molecule has 0 unspecified atom stereocenters. The predicted octanol–water partition coefficient (Wildman–Crippen LogP) is 4.94. The molecule has 0 radical (unpaired) electrons. The molecule has 0 aliphatic carbocycles. The second-order valence-corrected chi connectivity index (χ2v) is 7.05. The predicted molar refractivity (Wildman–Crippen MR) is 109 cm³/mol. The third-order valence-corrected chi connectivity index (χ3v) is 4.87. The Hall–Kier alpha value is -3.18. The highest BCUT2D eigenvalue weighted by Crippen LogP contribution is 2.29. The van der Waals surface area contributed by atoms with Gasteiger partial charge in [0, 0.05) is 17.4 Å². The van der Waals surface area contributed by atoms with Crippen LogP contribution < -0.4 is 5.32 Å². The molecule has 2 atom stereocenters. The van der Waals surface area contributed by atoms with E-state index in [2.05, 4.69) is 5.32 Å². The van der Waals surface area contributed by atoms with E-state index in [0.717, 1.165) is 11.1 Å². The van der Waals surface area contributed by atoms with E-state index in [0.29, 0.717) is 10.6 Å². The lowest BCUT2D eigenvalue weighted by Crippen LogP contribution is -2.34. The molecule has 2 N–H and O–H groups in total. The SMILES string of the molecule is O=C(C[C@H](c1ccc(F)cc1)c1ccc(Cl)cc1)N[C@H](C(=O)O)c1ccccc1. The Kier molecular flexibility index (Phi) is 6.62. The maximum absolute atomic E-state index is 13.4. The average Bonchev–Trinajstić information content (AvgIpc) is 2.72. The summed E-state index contributed by atoms with van der Waals surface area (Å²) in [7, 11) is 0. The average molecular weight is 412 g/mol. The van der Waals surface area contributed by atoms with Crippen molar-refractivity contribution in [1.82, 2.24) is 5.32 Å². The van der Waals surface area contributed by atoms with E-state index in [9.17, 15) is 19.1 Å². The van der Waals surface area contributed by atoms with Crippen LogP contribution in [0.2, 0.25) is 5.02 Å². The number of aliphatic carboxylic acids is 1. The molecule has 0 heterocycles. The Bertz CT molecular complexity index is 930. The molecule has 0 fully saturated rings. The zero-order valence-corrected chi connectivity index (χ0v) is 16.1. The Balaban J connectivity index is 1.84. The van der Waals surface area contributed by atoms with Gasteiger partial charge in [-0.05, 0) is 41.0 Å². The van der Waals surface area contributed by atoms with Crippen LogP contribution in [0.5, 0.6) is 0 Å². The normalized spacial score (nSPS) is 12.8. The summed E-state index contributed by atoms with van der Waals surface area (Å²) in [5, 5.41) is 12.7. The molecule has 4 nitrogen and oxygen atoms in total. The molecule has 3 aromatic rings. The number of hydrogen-bond acceptors (Lipinski definition) is 2. The summed E-state index contributed by atoms with van der Waals surface area (Å²) in [6, 6.07) is 20.3. The maximum Gasteiger partial charge on any atom is 0.330 e. The molecular formula is C23H19ClFNO3. The molecule has 3 rings (SSSR count). The largest absolute Gasteiger partial charge is 0.479 e. The number of carbonyl (C=O) groups is 2. The van der Waals surface area contributed by atoms with Crippen LogP contribution in [-0.4, -0.2) is 17.0 Å². The van der Waals surface area contributed by atoms with Crippen LogP contribution in [0.3, 0.4) is 0 Å². The first-order valence-corrected chi connectivity index (χ1v) is 9.40. The topological polar surface area (TPSA) is 66.4 Å². The van der Waals surface area contributed by atoms with Crippen LogP contribution in [0.15, 0.2) is 78.9 Å². The van der Waals surface area contributed by atoms with E-state index >= 15 is 0 Å². The Morgan fingerprint density at radius 2 is 1.41 bits per heavy atom. The molecule has 0 aliphatic rings. The number of halogens is 2. The van der Waals surface area contributed by atoms with E-state index in [1.807, 2.05) is 0 Å². The molecule has 1 amide bonds. The minimum atomic E-state index is -1.15. The van der Waals surface area contributed by atoms with Crippen LogP contribution in [-0.2, 0) is 9.59 Å². The van der Waals surface area contributed by atoms with E-state index in [4.69, 9.17) is 11.6 Å². The van der Waals surface area contributed by atoms with Gasteiger partial charge in [-0.15, -0.1) is 0 Å². The second kappa shape index (κ2) is 9.34. The van der Waals surface area contributed by atoms with Gasteiger partial charge in [0.1, 0.15) is 5.82 Å². The molecule has 6 heteroatoms. The molecule has 0 saturated carbocycles. The number of nitrogens with one attached hydrogen (secondary N) is 1. The zero-order chi connectivity index (χ0) is 20.8. The van der Waals surface area contributed by atoms with Crippen molar-refractivity contribution in [3.8, 4) is 0 Å². The van der Waals surface area contributed by atoms with Gasteiger partial charge in [0.05, 0.1) is 0 Å². The van der Waals surface area contributed by atoms with Crippen molar-refractivity contribution >= 4 is 23.5 Å². The fourth-order valence-corrected chi connectivity index (χ4v) is 3.28. The van der Waals surface area contributed by atoms with Gasteiger partial charge >= 0.3 is 5.97 Å². The minimum Gasteiger partial charge on any atom is -0.479 e. The molecule has 0 aliphatic heterocycles. The smallest absolute Gasteiger partial charge is 0.330 e. The quantitative estimate of drug-likeness (QED) is 0.578. The summed E-state index contributed by atoms with van der Waals surface area (Å²) in [5.41, 5.74) is 2.05. The Labute approximate surface area is 173 Å². The van der Waals surface area contributed by atoms with Crippen molar-refractivity contribution in [3.05, 3.63) is 106 Å². The Morgan fingerprint density at radius 3 is 1.97 bits per heavy atom. The second-order valence-electron chi connectivity index (χ2n) is 6.61. The van der Waals surface area contributed by atoms with Crippen LogP contribution in [0.1, 0.15) is 35.1 Å². The van der Waals surface area contributed by atoms with Crippen molar-refractivity contribution < 1.29 is 19.1 Å². The van der Waals surface area contributed by atoms with Gasteiger partial charge in [-0.3, -0.25) is 4.79 Å². The summed E-state index contributed by atoms with van der Waals surface area (Å²) < 4.78 is 13.4. The molecule has 148 valence electrons. The van der Waals surface area contributed by atoms with Crippen molar-refractivity contribution in [1.29, 1.82) is 0 Å². The van der Waals surface area contributed by atoms with E-state index in [1.165, 1.54) is 12.1 Å². The maximum atomic E-state index is 13.4. The standard InChI is InChI=1S/C23H19ClFNO3/c24-18-10-6-15(7-11-18)20(16-8-12-19(25)13-9-16)14-21(27)26-22(23(28)29)17-4-2-1-3-5-17/h1-13,20,22H,14H2,(H,26,27)(H,28,29)/t20-,22-/m0/s1. The molecule has 0 bridgehead atoms. The molecular weight excluding hydrogens is 393 g/mol. The number of hydrogen-bond donors (Lipinski definition) is 2. The first-order valence-electron chi connectivity index (χ1n) is 9.02. The lowest BCUT2D eigenvalue weighted by Gasteiger charge is -2.20. The number of carboxylic acid groups (broad SMARTS) is 1. The van der Waals surface area contributed by atoms with Gasteiger partial charge in [0.2, 0.25) is 5.91 Å². The minimum absolute atomic E-state index is 0.00385. The highest BCUT2D eigenvalue weighted by atomic mass is 35.5. The fourth-order valence-electron chi connectivity index (χ4n) is 3.16. The van der Waals surface area contributed by atoms with Crippen LogP contribution in [0.25, 0.3) is 0 Å². The van der Waals surface area contributed by atoms with E-state index in [-0.39, 0.29) is 18.2 Å². The Morgan fingerprint density at radius 1 is 0.862 bits per heavy atom. The molecule has 3 aromatic carbocycles. The highest BCUT2D eigenvalue weighted by molar-refractivity contribution is 6.30. The molecule has 0 aromatic heterocycles. The van der Waals surface area contributed by atoms with E-state index in [1.54, 1.807) is 66.7 Å². The van der Waals surface area contributed by atoms with Crippen molar-refractivity contribution in [3.63, 3.8) is 0 Å². The van der Waals surface area contributed by atoms with Gasteiger partial charge < -0.3 is 10.4 Å². The summed E-state index contributed by atoms with van der Waals surface area (Å²) in [5.74, 6) is -2.32. The monoisotopic (exact) mass is 411 g/mol. The highest BCUT2D eigenvalue weighted by Gasteiger charge is 2.25. The number of benzene rings is 3. The summed E-state index contributed by atoms with van der Waals surface area (Å²) in [6.45, 7) is 0. The molecule has 0 spiro atoms.